The zero-order chi connectivity index (χ0) is 17.9. The van der Waals surface area contributed by atoms with Crippen molar-refractivity contribution in [3.05, 3.63) is 45.5 Å². The Morgan fingerprint density at radius 3 is 2.50 bits per heavy atom. The van der Waals surface area contributed by atoms with Gasteiger partial charge in [-0.25, -0.2) is 0 Å². The standard InChI is InChI=1S/C17H14ClN3O2S/c1-17(2)12(7-19)15(23)21-16(13(17)8-20)24-9-14(22)10-3-5-11(18)6-4-10/h3-6,12H,9H2,1-2H3,(H,21,23)/t12-/m0/s1. The van der Waals surface area contributed by atoms with Gasteiger partial charge in [-0.3, -0.25) is 9.59 Å². The highest BCUT2D eigenvalue weighted by atomic mass is 35.5. The number of ketones is 1. The van der Waals surface area contributed by atoms with Crippen molar-refractivity contribution in [1.29, 1.82) is 10.5 Å². The summed E-state index contributed by atoms with van der Waals surface area (Å²) in [6.07, 6.45) is 0. The van der Waals surface area contributed by atoms with Gasteiger partial charge >= 0.3 is 0 Å². The van der Waals surface area contributed by atoms with Crippen molar-refractivity contribution in [2.24, 2.45) is 11.3 Å². The van der Waals surface area contributed by atoms with Crippen LogP contribution in [0.1, 0.15) is 24.2 Å². The Labute approximate surface area is 149 Å². The fourth-order valence-corrected chi connectivity index (χ4v) is 3.59. The number of carbonyl (C=O) groups is 2. The minimum Gasteiger partial charge on any atom is -0.319 e. The molecule has 0 saturated heterocycles. The summed E-state index contributed by atoms with van der Waals surface area (Å²) in [6.45, 7) is 3.36. The summed E-state index contributed by atoms with van der Waals surface area (Å²) < 4.78 is 0. The molecule has 2 rings (SSSR count). The fraction of sp³-hybridized carbons (Fsp3) is 0.294. The predicted molar refractivity (Wildman–Crippen MR) is 91.9 cm³/mol. The van der Waals surface area contributed by atoms with Crippen molar-refractivity contribution >= 4 is 35.1 Å². The topological polar surface area (TPSA) is 93.8 Å². The second kappa shape index (κ2) is 7.09. The van der Waals surface area contributed by atoms with Crippen LogP contribution in [0.25, 0.3) is 0 Å². The molecule has 1 amide bonds. The van der Waals surface area contributed by atoms with Gasteiger partial charge in [0.05, 0.1) is 28.5 Å². The number of Topliss-reactive ketones (excluding diaryl/α,β-unsaturated/α-hetero) is 1. The van der Waals surface area contributed by atoms with E-state index in [2.05, 4.69) is 11.4 Å². The minimum atomic E-state index is -0.941. The molecule has 0 bridgehead atoms. The molecule has 0 unspecified atom stereocenters. The summed E-state index contributed by atoms with van der Waals surface area (Å²) in [5.41, 5.74) is -0.0952. The second-order valence-corrected chi connectivity index (χ2v) is 7.23. The summed E-state index contributed by atoms with van der Waals surface area (Å²) in [7, 11) is 0. The van der Waals surface area contributed by atoms with E-state index >= 15 is 0 Å². The van der Waals surface area contributed by atoms with Gasteiger partial charge in [0.15, 0.2) is 5.78 Å². The van der Waals surface area contributed by atoms with Crippen LogP contribution in [-0.4, -0.2) is 17.4 Å². The first-order valence-electron chi connectivity index (χ1n) is 7.08. The SMILES string of the molecule is CC1(C)C(C#N)=C(SCC(=O)c2ccc(Cl)cc2)NC(=O)[C@@H]1C#N. The van der Waals surface area contributed by atoms with Crippen molar-refractivity contribution in [1.82, 2.24) is 5.32 Å². The van der Waals surface area contributed by atoms with E-state index in [0.29, 0.717) is 21.2 Å². The predicted octanol–water partition coefficient (Wildman–Crippen LogP) is 3.29. The Kier molecular flexibility index (Phi) is 5.33. The van der Waals surface area contributed by atoms with Crippen LogP contribution >= 0.6 is 23.4 Å². The van der Waals surface area contributed by atoms with Crippen LogP contribution in [0, 0.1) is 34.0 Å². The molecule has 1 aromatic rings. The van der Waals surface area contributed by atoms with Crippen molar-refractivity contribution in [2.45, 2.75) is 13.8 Å². The number of amides is 1. The molecule has 0 aromatic heterocycles. The van der Waals surface area contributed by atoms with Crippen LogP contribution in [0.15, 0.2) is 34.9 Å². The zero-order valence-electron chi connectivity index (χ0n) is 13.1. The lowest BCUT2D eigenvalue weighted by Gasteiger charge is -2.34. The van der Waals surface area contributed by atoms with E-state index in [1.165, 1.54) is 0 Å². The molecule has 1 aliphatic heterocycles. The minimum absolute atomic E-state index is 0.0652. The summed E-state index contributed by atoms with van der Waals surface area (Å²) in [5, 5.41) is 22.0. The van der Waals surface area contributed by atoms with E-state index in [0.717, 1.165) is 11.8 Å². The summed E-state index contributed by atoms with van der Waals surface area (Å²) in [5.74, 6) is -1.47. The number of thioether (sulfide) groups is 1. The van der Waals surface area contributed by atoms with E-state index in [1.54, 1.807) is 38.1 Å². The van der Waals surface area contributed by atoms with Gasteiger partial charge in [0.1, 0.15) is 5.92 Å². The number of halogens is 1. The third-order valence-corrected chi connectivity index (χ3v) is 5.10. The first-order valence-corrected chi connectivity index (χ1v) is 8.44. The van der Waals surface area contributed by atoms with E-state index in [1.807, 2.05) is 6.07 Å². The molecular weight excluding hydrogens is 346 g/mol. The Bertz CT molecular complexity index is 801. The van der Waals surface area contributed by atoms with Gasteiger partial charge in [-0.15, -0.1) is 0 Å². The lowest BCUT2D eigenvalue weighted by Crippen LogP contribution is -2.44. The van der Waals surface area contributed by atoms with Gasteiger partial charge in [-0.05, 0) is 24.3 Å². The first kappa shape index (κ1) is 18.1. The summed E-state index contributed by atoms with van der Waals surface area (Å²) in [4.78, 5) is 24.3. The number of hydrogen-bond donors (Lipinski definition) is 1. The number of rotatable bonds is 4. The molecular formula is C17H14ClN3O2S. The fourth-order valence-electron chi connectivity index (χ4n) is 2.39. The molecule has 0 aliphatic carbocycles. The molecule has 24 heavy (non-hydrogen) atoms. The normalized spacial score (nSPS) is 19.2. The molecule has 7 heteroatoms. The molecule has 0 saturated carbocycles. The molecule has 1 atom stereocenters. The molecule has 122 valence electrons. The van der Waals surface area contributed by atoms with Crippen LogP contribution in [0.2, 0.25) is 5.02 Å². The molecule has 5 nitrogen and oxygen atoms in total. The van der Waals surface area contributed by atoms with Gasteiger partial charge in [0, 0.05) is 16.0 Å². The van der Waals surface area contributed by atoms with Crippen molar-refractivity contribution in [2.75, 3.05) is 5.75 Å². The highest BCUT2D eigenvalue weighted by molar-refractivity contribution is 8.03. The molecule has 1 aliphatic rings. The number of hydrogen-bond acceptors (Lipinski definition) is 5. The molecule has 0 spiro atoms. The zero-order valence-corrected chi connectivity index (χ0v) is 14.7. The lowest BCUT2D eigenvalue weighted by molar-refractivity contribution is -0.125. The summed E-state index contributed by atoms with van der Waals surface area (Å²) >= 11 is 6.88. The maximum absolute atomic E-state index is 12.2. The molecule has 1 heterocycles. The first-order chi connectivity index (χ1) is 11.3. The number of allylic oxidation sites excluding steroid dienone is 1. The molecule has 1 aromatic carbocycles. The van der Waals surface area contributed by atoms with Gasteiger partial charge in [0.2, 0.25) is 5.91 Å². The Hall–Kier alpha value is -2.28. The third kappa shape index (κ3) is 3.46. The highest BCUT2D eigenvalue weighted by Gasteiger charge is 2.44. The summed E-state index contributed by atoms with van der Waals surface area (Å²) in [6, 6.07) is 10.5. The van der Waals surface area contributed by atoms with E-state index in [9.17, 15) is 20.1 Å². The van der Waals surface area contributed by atoms with Crippen LogP contribution in [-0.2, 0) is 4.79 Å². The van der Waals surface area contributed by atoms with E-state index < -0.39 is 17.2 Å². The number of nitrogens with zero attached hydrogens (tertiary/aromatic N) is 2. The maximum atomic E-state index is 12.2. The average molecular weight is 360 g/mol. The van der Waals surface area contributed by atoms with E-state index in [4.69, 9.17) is 11.6 Å². The largest absolute Gasteiger partial charge is 0.319 e. The third-order valence-electron chi connectivity index (χ3n) is 3.85. The van der Waals surface area contributed by atoms with Gasteiger partial charge in [0.25, 0.3) is 0 Å². The maximum Gasteiger partial charge on any atom is 0.243 e. The van der Waals surface area contributed by atoms with Crippen LogP contribution in [0.5, 0.6) is 0 Å². The van der Waals surface area contributed by atoms with Crippen LogP contribution in [0.4, 0.5) is 0 Å². The van der Waals surface area contributed by atoms with Gasteiger partial charge < -0.3 is 5.32 Å². The smallest absolute Gasteiger partial charge is 0.243 e. The lowest BCUT2D eigenvalue weighted by atomic mass is 9.72. The molecule has 0 radical (unpaired) electrons. The number of nitriles is 2. The second-order valence-electron chi connectivity index (χ2n) is 5.81. The molecule has 0 fully saturated rings. The van der Waals surface area contributed by atoms with Gasteiger partial charge in [-0.2, -0.15) is 10.5 Å². The number of benzene rings is 1. The Balaban J connectivity index is 2.22. The monoisotopic (exact) mass is 359 g/mol. The quantitative estimate of drug-likeness (QED) is 0.832. The number of nitrogens with one attached hydrogen (secondary N) is 1. The van der Waals surface area contributed by atoms with Crippen molar-refractivity contribution in [3.8, 4) is 12.1 Å². The average Bonchev–Trinajstić information content (AvgIpc) is 2.52. The van der Waals surface area contributed by atoms with Crippen LogP contribution in [0.3, 0.4) is 0 Å². The Morgan fingerprint density at radius 2 is 1.96 bits per heavy atom. The van der Waals surface area contributed by atoms with Crippen LogP contribution < -0.4 is 5.32 Å². The molecule has 1 N–H and O–H groups in total. The van der Waals surface area contributed by atoms with E-state index in [-0.39, 0.29) is 11.5 Å². The number of carbonyl (C=O) groups excluding carboxylic acids is 2. The Morgan fingerprint density at radius 1 is 1.33 bits per heavy atom. The van der Waals surface area contributed by atoms with Crippen molar-refractivity contribution in [3.63, 3.8) is 0 Å². The highest BCUT2D eigenvalue weighted by Crippen LogP contribution is 2.41. The van der Waals surface area contributed by atoms with Gasteiger partial charge in [-0.1, -0.05) is 37.2 Å². The van der Waals surface area contributed by atoms with Crippen molar-refractivity contribution < 1.29 is 9.59 Å².